The van der Waals surface area contributed by atoms with Gasteiger partial charge in [0.05, 0.1) is 17.2 Å². The average Bonchev–Trinajstić information content (AvgIpc) is 2.49. The topological polar surface area (TPSA) is 93.1 Å². The Hall–Kier alpha value is -1.92. The van der Waals surface area contributed by atoms with Crippen LogP contribution in [-0.4, -0.2) is 48.1 Å². The second-order valence-corrected chi connectivity index (χ2v) is 4.44. The van der Waals surface area contributed by atoms with Crippen molar-refractivity contribution in [2.45, 2.75) is 25.9 Å². The number of esters is 1. The molecule has 116 valence electrons. The van der Waals surface area contributed by atoms with E-state index in [0.717, 1.165) is 0 Å². The smallest absolute Gasteiger partial charge is 0.339 e. The van der Waals surface area contributed by atoms with Crippen molar-refractivity contribution in [3.05, 3.63) is 35.4 Å². The molecule has 0 aliphatic carbocycles. The molecule has 0 bridgehead atoms. The predicted molar refractivity (Wildman–Crippen MR) is 75.4 cm³/mol. The quantitative estimate of drug-likeness (QED) is 0.532. The molecule has 0 heterocycles. The van der Waals surface area contributed by atoms with Crippen LogP contribution >= 0.6 is 0 Å². The predicted octanol–water partition coefficient (Wildman–Crippen LogP) is 1.72. The van der Waals surface area contributed by atoms with Gasteiger partial charge in [-0.25, -0.2) is 9.59 Å². The monoisotopic (exact) mass is 296 g/mol. The standard InChI is InChI=1S/C15H20O6/c1-2-20-9-5-6-11(16)10-21-15(19)13-8-4-3-7-12(13)14(17)18/h3-4,7-8,11,16H,2,5-6,9-10H2,1H3,(H,17,18). The fraction of sp³-hybridized carbons (Fsp3) is 0.467. The van der Waals surface area contributed by atoms with Gasteiger partial charge in [0.1, 0.15) is 6.61 Å². The summed E-state index contributed by atoms with van der Waals surface area (Å²) >= 11 is 0. The Morgan fingerprint density at radius 2 is 1.90 bits per heavy atom. The third kappa shape index (κ3) is 5.93. The highest BCUT2D eigenvalue weighted by atomic mass is 16.5. The van der Waals surface area contributed by atoms with E-state index < -0.39 is 18.0 Å². The molecule has 1 atom stereocenters. The Bertz CT molecular complexity index is 471. The van der Waals surface area contributed by atoms with Crippen LogP contribution in [0.1, 0.15) is 40.5 Å². The molecule has 6 heteroatoms. The Labute approximate surface area is 123 Å². The third-order valence-corrected chi connectivity index (χ3v) is 2.81. The van der Waals surface area contributed by atoms with Crippen molar-refractivity contribution in [3.63, 3.8) is 0 Å². The van der Waals surface area contributed by atoms with Gasteiger partial charge in [0.25, 0.3) is 0 Å². The van der Waals surface area contributed by atoms with Crippen LogP contribution < -0.4 is 0 Å². The molecule has 0 aliphatic rings. The van der Waals surface area contributed by atoms with E-state index >= 15 is 0 Å². The van der Waals surface area contributed by atoms with E-state index in [0.29, 0.717) is 26.1 Å². The highest BCUT2D eigenvalue weighted by molar-refractivity contribution is 6.02. The second-order valence-electron chi connectivity index (χ2n) is 4.44. The molecule has 0 saturated heterocycles. The van der Waals surface area contributed by atoms with Crippen LogP contribution in [0.4, 0.5) is 0 Å². The lowest BCUT2D eigenvalue weighted by molar-refractivity contribution is 0.0208. The van der Waals surface area contributed by atoms with Crippen LogP contribution in [0.5, 0.6) is 0 Å². The molecule has 0 amide bonds. The van der Waals surface area contributed by atoms with Gasteiger partial charge in [-0.3, -0.25) is 0 Å². The fourth-order valence-corrected chi connectivity index (χ4v) is 1.75. The average molecular weight is 296 g/mol. The molecular weight excluding hydrogens is 276 g/mol. The number of carbonyl (C=O) groups is 2. The van der Waals surface area contributed by atoms with Crippen molar-refractivity contribution in [2.24, 2.45) is 0 Å². The van der Waals surface area contributed by atoms with Crippen LogP contribution in [-0.2, 0) is 9.47 Å². The first-order valence-corrected chi connectivity index (χ1v) is 6.81. The largest absolute Gasteiger partial charge is 0.478 e. The number of hydrogen-bond donors (Lipinski definition) is 2. The van der Waals surface area contributed by atoms with E-state index in [1.807, 2.05) is 6.92 Å². The number of carboxylic acids is 1. The lowest BCUT2D eigenvalue weighted by Crippen LogP contribution is -2.20. The first-order valence-electron chi connectivity index (χ1n) is 6.81. The Morgan fingerprint density at radius 1 is 1.24 bits per heavy atom. The van der Waals surface area contributed by atoms with Gasteiger partial charge in [0.2, 0.25) is 0 Å². The summed E-state index contributed by atoms with van der Waals surface area (Å²) in [6.45, 7) is 2.89. The van der Waals surface area contributed by atoms with Crippen molar-refractivity contribution in [3.8, 4) is 0 Å². The van der Waals surface area contributed by atoms with Gasteiger partial charge in [-0.15, -0.1) is 0 Å². The van der Waals surface area contributed by atoms with E-state index in [9.17, 15) is 14.7 Å². The summed E-state index contributed by atoms with van der Waals surface area (Å²) in [5.41, 5.74) is -0.139. The number of aliphatic hydroxyl groups is 1. The lowest BCUT2D eigenvalue weighted by atomic mass is 10.1. The number of ether oxygens (including phenoxy) is 2. The summed E-state index contributed by atoms with van der Waals surface area (Å²) in [4.78, 5) is 22.8. The summed E-state index contributed by atoms with van der Waals surface area (Å²) < 4.78 is 10.1. The minimum absolute atomic E-state index is 0.0217. The van der Waals surface area contributed by atoms with Gasteiger partial charge >= 0.3 is 11.9 Å². The molecule has 0 radical (unpaired) electrons. The van der Waals surface area contributed by atoms with Crippen LogP contribution in [0.2, 0.25) is 0 Å². The highest BCUT2D eigenvalue weighted by Gasteiger charge is 2.18. The Balaban J connectivity index is 2.45. The lowest BCUT2D eigenvalue weighted by Gasteiger charge is -2.12. The Morgan fingerprint density at radius 3 is 2.52 bits per heavy atom. The zero-order valence-electron chi connectivity index (χ0n) is 11.9. The van der Waals surface area contributed by atoms with Gasteiger partial charge in [0, 0.05) is 13.2 Å². The number of aromatic carboxylic acids is 1. The van der Waals surface area contributed by atoms with E-state index in [1.165, 1.54) is 18.2 Å². The first-order chi connectivity index (χ1) is 10.1. The molecular formula is C15H20O6. The molecule has 0 saturated carbocycles. The maximum Gasteiger partial charge on any atom is 0.339 e. The van der Waals surface area contributed by atoms with Crippen molar-refractivity contribution >= 4 is 11.9 Å². The zero-order valence-corrected chi connectivity index (χ0v) is 11.9. The van der Waals surface area contributed by atoms with Gasteiger partial charge in [0.15, 0.2) is 0 Å². The van der Waals surface area contributed by atoms with Gasteiger partial charge in [-0.05, 0) is 31.9 Å². The minimum atomic E-state index is -1.19. The van der Waals surface area contributed by atoms with Gasteiger partial charge in [-0.2, -0.15) is 0 Å². The van der Waals surface area contributed by atoms with Crippen LogP contribution in [0.3, 0.4) is 0 Å². The minimum Gasteiger partial charge on any atom is -0.478 e. The summed E-state index contributed by atoms with van der Waals surface area (Å²) in [5.74, 6) is -1.95. The number of rotatable bonds is 9. The number of aliphatic hydroxyl groups excluding tert-OH is 1. The first kappa shape index (κ1) is 17.1. The van der Waals surface area contributed by atoms with E-state index in [4.69, 9.17) is 14.6 Å². The van der Waals surface area contributed by atoms with Crippen LogP contribution in [0, 0.1) is 0 Å². The summed E-state index contributed by atoms with van der Waals surface area (Å²) in [7, 11) is 0. The van der Waals surface area contributed by atoms with Gasteiger partial charge in [-0.1, -0.05) is 12.1 Å². The normalized spacial score (nSPS) is 11.9. The summed E-state index contributed by atoms with van der Waals surface area (Å²) in [6.07, 6.45) is 0.331. The van der Waals surface area contributed by atoms with E-state index in [2.05, 4.69) is 0 Å². The summed E-state index contributed by atoms with van der Waals surface area (Å²) in [6, 6.07) is 5.80. The SMILES string of the molecule is CCOCCCC(O)COC(=O)c1ccccc1C(=O)O. The number of hydrogen-bond acceptors (Lipinski definition) is 5. The molecule has 0 fully saturated rings. The highest BCUT2D eigenvalue weighted by Crippen LogP contribution is 2.11. The van der Waals surface area contributed by atoms with Gasteiger partial charge < -0.3 is 19.7 Å². The molecule has 1 aromatic carbocycles. The van der Waals surface area contributed by atoms with E-state index in [1.54, 1.807) is 6.07 Å². The van der Waals surface area contributed by atoms with Crippen molar-refractivity contribution in [2.75, 3.05) is 19.8 Å². The number of carbonyl (C=O) groups excluding carboxylic acids is 1. The molecule has 0 aromatic heterocycles. The van der Waals surface area contributed by atoms with Crippen LogP contribution in [0.15, 0.2) is 24.3 Å². The van der Waals surface area contributed by atoms with E-state index in [-0.39, 0.29) is 17.7 Å². The van der Waals surface area contributed by atoms with Crippen LogP contribution in [0.25, 0.3) is 0 Å². The summed E-state index contributed by atoms with van der Waals surface area (Å²) in [5, 5.41) is 18.7. The fourth-order valence-electron chi connectivity index (χ4n) is 1.75. The molecule has 1 unspecified atom stereocenters. The molecule has 1 rings (SSSR count). The maximum atomic E-state index is 11.8. The number of carboxylic acid groups (broad SMARTS) is 1. The molecule has 21 heavy (non-hydrogen) atoms. The Kier molecular flexibility index (Phi) is 7.42. The zero-order chi connectivity index (χ0) is 15.7. The maximum absolute atomic E-state index is 11.8. The number of benzene rings is 1. The molecule has 1 aromatic rings. The molecule has 2 N–H and O–H groups in total. The molecule has 0 spiro atoms. The van der Waals surface area contributed by atoms with Crippen molar-refractivity contribution in [1.82, 2.24) is 0 Å². The third-order valence-electron chi connectivity index (χ3n) is 2.81. The second kappa shape index (κ2) is 9.10. The van der Waals surface area contributed by atoms with Crippen molar-refractivity contribution < 1.29 is 29.3 Å². The van der Waals surface area contributed by atoms with Crippen molar-refractivity contribution in [1.29, 1.82) is 0 Å². The molecule has 6 nitrogen and oxygen atoms in total. The molecule has 0 aliphatic heterocycles.